The smallest absolute Gasteiger partial charge is 0.190 e. The van der Waals surface area contributed by atoms with Gasteiger partial charge in [0.2, 0.25) is 0 Å². The highest BCUT2D eigenvalue weighted by molar-refractivity contribution is 7.99. The van der Waals surface area contributed by atoms with Gasteiger partial charge < -0.3 is 10.1 Å². The van der Waals surface area contributed by atoms with E-state index in [0.717, 1.165) is 52.8 Å². The molecule has 28 heavy (non-hydrogen) atoms. The molecular weight excluding hydrogens is 386 g/mol. The molecule has 1 unspecified atom stereocenters. The van der Waals surface area contributed by atoms with E-state index in [-0.39, 0.29) is 5.60 Å². The van der Waals surface area contributed by atoms with Gasteiger partial charge in [0.05, 0.1) is 22.4 Å². The van der Waals surface area contributed by atoms with Crippen LogP contribution in [0.1, 0.15) is 49.6 Å². The topological polar surface area (TPSA) is 47.0 Å². The Morgan fingerprint density at radius 2 is 2.04 bits per heavy atom. The largest absolute Gasteiger partial charge is 0.370 e. The van der Waals surface area contributed by atoms with Crippen molar-refractivity contribution < 1.29 is 4.74 Å². The summed E-state index contributed by atoms with van der Waals surface area (Å²) in [4.78, 5) is 11.2. The lowest BCUT2D eigenvalue weighted by Gasteiger charge is -2.32. The summed E-state index contributed by atoms with van der Waals surface area (Å²) in [6.07, 6.45) is 3.08. The zero-order chi connectivity index (χ0) is 19.6. The van der Waals surface area contributed by atoms with Crippen molar-refractivity contribution in [3.8, 4) is 0 Å². The van der Waals surface area contributed by atoms with E-state index in [9.17, 15) is 0 Å². The monoisotopic (exact) mass is 413 g/mol. The van der Waals surface area contributed by atoms with Crippen LogP contribution < -0.4 is 5.32 Å². The fraction of sp³-hybridized carbons (Fsp3) is 0.455. The van der Waals surface area contributed by atoms with Crippen molar-refractivity contribution in [1.82, 2.24) is 9.97 Å². The molecule has 3 aromatic rings. The number of aromatic nitrogens is 2. The van der Waals surface area contributed by atoms with Gasteiger partial charge in [-0.15, -0.1) is 11.3 Å². The van der Waals surface area contributed by atoms with Crippen molar-refractivity contribution in [2.45, 2.75) is 63.9 Å². The summed E-state index contributed by atoms with van der Waals surface area (Å²) in [6.45, 7) is 8.00. The van der Waals surface area contributed by atoms with Crippen LogP contribution in [0.3, 0.4) is 0 Å². The third-order valence-electron chi connectivity index (χ3n) is 5.28. The fourth-order valence-electron chi connectivity index (χ4n) is 3.36. The van der Waals surface area contributed by atoms with Crippen LogP contribution in [0.5, 0.6) is 0 Å². The third-order valence-corrected chi connectivity index (χ3v) is 7.56. The summed E-state index contributed by atoms with van der Waals surface area (Å²) in [7, 11) is 0. The van der Waals surface area contributed by atoms with Crippen LogP contribution >= 0.6 is 23.1 Å². The molecular formula is C22H27N3OS2. The molecule has 0 aliphatic carbocycles. The van der Waals surface area contributed by atoms with Gasteiger partial charge in [0.25, 0.3) is 0 Å². The molecule has 0 amide bonds. The molecule has 0 bridgehead atoms. The third kappa shape index (κ3) is 4.04. The molecule has 0 radical (unpaired) electrons. The van der Waals surface area contributed by atoms with Gasteiger partial charge in [-0.3, -0.25) is 0 Å². The second-order valence-corrected chi connectivity index (χ2v) is 9.66. The molecule has 2 aromatic heterocycles. The van der Waals surface area contributed by atoms with Crippen LogP contribution in [-0.2, 0) is 24.3 Å². The van der Waals surface area contributed by atoms with E-state index in [4.69, 9.17) is 14.7 Å². The highest BCUT2D eigenvalue weighted by Crippen LogP contribution is 2.42. The number of fused-ring (bicyclic) bond motifs is 3. The minimum atomic E-state index is -0.0707. The van der Waals surface area contributed by atoms with E-state index in [1.807, 2.05) is 17.4 Å². The maximum absolute atomic E-state index is 6.22. The van der Waals surface area contributed by atoms with Gasteiger partial charge in [-0.25, -0.2) is 9.97 Å². The molecule has 0 spiro atoms. The zero-order valence-electron chi connectivity index (χ0n) is 16.7. The van der Waals surface area contributed by atoms with Gasteiger partial charge in [0.15, 0.2) is 5.16 Å². The van der Waals surface area contributed by atoms with Gasteiger partial charge in [-0.05, 0) is 25.3 Å². The lowest BCUT2D eigenvalue weighted by atomic mass is 9.93. The standard InChI is InChI=1S/C22H27N3OS2/c1-4-11-27-21-24-18-16-14-26-22(3,5-2)12-17(16)28-19(18)20(25-21)23-13-15-9-7-6-8-10-15/h6-10H,4-5,11-14H2,1-3H3,(H,23,24,25). The molecule has 148 valence electrons. The van der Waals surface area contributed by atoms with E-state index < -0.39 is 0 Å². The Kier molecular flexibility index (Phi) is 5.90. The normalized spacial score (nSPS) is 19.0. The second kappa shape index (κ2) is 8.39. The maximum Gasteiger partial charge on any atom is 0.190 e. The minimum Gasteiger partial charge on any atom is -0.370 e. The Balaban J connectivity index is 1.72. The van der Waals surface area contributed by atoms with Crippen molar-refractivity contribution in [3.05, 3.63) is 46.3 Å². The Hall–Kier alpha value is -1.63. The molecule has 1 atom stereocenters. The molecule has 0 saturated carbocycles. The van der Waals surface area contributed by atoms with Crippen LogP contribution in [0.4, 0.5) is 5.82 Å². The van der Waals surface area contributed by atoms with Crippen LogP contribution in [0, 0.1) is 0 Å². The van der Waals surface area contributed by atoms with Crippen LogP contribution in [0.2, 0.25) is 0 Å². The Morgan fingerprint density at radius 1 is 1.21 bits per heavy atom. The highest BCUT2D eigenvalue weighted by atomic mass is 32.2. The number of anilines is 1. The first-order valence-electron chi connectivity index (χ1n) is 9.98. The number of benzene rings is 1. The van der Waals surface area contributed by atoms with Crippen molar-refractivity contribution in [3.63, 3.8) is 0 Å². The predicted molar refractivity (Wildman–Crippen MR) is 119 cm³/mol. The second-order valence-electron chi connectivity index (χ2n) is 7.49. The van der Waals surface area contributed by atoms with Crippen molar-refractivity contribution in [2.75, 3.05) is 11.1 Å². The van der Waals surface area contributed by atoms with Crippen molar-refractivity contribution in [2.24, 2.45) is 0 Å². The molecule has 1 aromatic carbocycles. The molecule has 4 rings (SSSR count). The Bertz CT molecular complexity index is 957. The molecule has 3 heterocycles. The van der Waals surface area contributed by atoms with E-state index >= 15 is 0 Å². The van der Waals surface area contributed by atoms with Crippen LogP contribution in [-0.4, -0.2) is 21.3 Å². The van der Waals surface area contributed by atoms with Gasteiger partial charge in [-0.1, -0.05) is 55.9 Å². The Labute approximate surface area is 175 Å². The first-order valence-corrected chi connectivity index (χ1v) is 11.8. The molecule has 0 fully saturated rings. The summed E-state index contributed by atoms with van der Waals surface area (Å²) in [5.41, 5.74) is 3.51. The number of rotatable bonds is 7. The highest BCUT2D eigenvalue weighted by Gasteiger charge is 2.32. The lowest BCUT2D eigenvalue weighted by Crippen LogP contribution is -2.33. The number of nitrogens with one attached hydrogen (secondary N) is 1. The fourth-order valence-corrected chi connectivity index (χ4v) is 5.44. The summed E-state index contributed by atoms with van der Waals surface area (Å²) in [6, 6.07) is 10.5. The first-order chi connectivity index (χ1) is 13.6. The van der Waals surface area contributed by atoms with Gasteiger partial charge in [0.1, 0.15) is 5.82 Å². The van der Waals surface area contributed by atoms with Gasteiger partial charge in [-0.2, -0.15) is 0 Å². The first kappa shape index (κ1) is 19.7. The molecule has 1 N–H and O–H groups in total. The predicted octanol–water partition coefficient (Wildman–Crippen LogP) is 6.05. The van der Waals surface area contributed by atoms with E-state index in [2.05, 4.69) is 50.4 Å². The Morgan fingerprint density at radius 3 is 2.79 bits per heavy atom. The number of hydrogen-bond acceptors (Lipinski definition) is 6. The SMILES string of the molecule is CCCSc1nc(NCc2ccccc2)c2sc3c(c2n1)COC(C)(CC)C3. The van der Waals surface area contributed by atoms with Crippen molar-refractivity contribution >= 4 is 39.1 Å². The van der Waals surface area contributed by atoms with E-state index in [1.165, 1.54) is 16.0 Å². The average molecular weight is 414 g/mol. The number of nitrogens with zero attached hydrogens (tertiary/aromatic N) is 2. The maximum atomic E-state index is 6.22. The lowest BCUT2D eigenvalue weighted by molar-refractivity contribution is -0.0546. The molecule has 4 nitrogen and oxygen atoms in total. The van der Waals surface area contributed by atoms with E-state index in [1.54, 1.807) is 11.8 Å². The summed E-state index contributed by atoms with van der Waals surface area (Å²) >= 11 is 3.57. The molecule has 1 aliphatic heterocycles. The van der Waals surface area contributed by atoms with Crippen LogP contribution in [0.25, 0.3) is 10.2 Å². The number of thioether (sulfide) groups is 1. The summed E-state index contributed by atoms with van der Waals surface area (Å²) in [5, 5.41) is 4.43. The summed E-state index contributed by atoms with van der Waals surface area (Å²) in [5.74, 6) is 1.98. The van der Waals surface area contributed by atoms with Gasteiger partial charge in [0, 0.05) is 29.2 Å². The zero-order valence-corrected chi connectivity index (χ0v) is 18.4. The van der Waals surface area contributed by atoms with Crippen molar-refractivity contribution in [1.29, 1.82) is 0 Å². The number of ether oxygens (including phenoxy) is 1. The van der Waals surface area contributed by atoms with E-state index in [0.29, 0.717) is 6.61 Å². The molecule has 6 heteroatoms. The van der Waals surface area contributed by atoms with Gasteiger partial charge >= 0.3 is 0 Å². The summed E-state index contributed by atoms with van der Waals surface area (Å²) < 4.78 is 7.37. The molecule has 0 saturated heterocycles. The van der Waals surface area contributed by atoms with Crippen LogP contribution in [0.15, 0.2) is 35.5 Å². The number of thiophene rings is 1. The quantitative estimate of drug-likeness (QED) is 0.377. The average Bonchev–Trinajstić information content (AvgIpc) is 3.08. The molecule has 1 aliphatic rings. The minimum absolute atomic E-state index is 0.0707. The number of hydrogen-bond donors (Lipinski definition) is 1.